The highest BCUT2D eigenvalue weighted by atomic mass is 32.2. The summed E-state index contributed by atoms with van der Waals surface area (Å²) in [5.41, 5.74) is 3.22. The van der Waals surface area contributed by atoms with Crippen molar-refractivity contribution in [3.8, 4) is 0 Å². The number of carbonyl (C=O) groups is 1. The zero-order chi connectivity index (χ0) is 16.0. The smallest absolute Gasteiger partial charge is 0.227 e. The Hall–Kier alpha value is -1.36. The zero-order valence-corrected chi connectivity index (χ0v) is 14.1. The molecule has 120 valence electrons. The SMILES string of the molecule is CCc1cccc2c1N(C(=O)CC1(CS(C)(=O)=O)CC1)CC2. The van der Waals surface area contributed by atoms with Crippen LogP contribution >= 0.6 is 0 Å². The van der Waals surface area contributed by atoms with E-state index in [0.29, 0.717) is 6.42 Å². The van der Waals surface area contributed by atoms with E-state index in [4.69, 9.17) is 0 Å². The summed E-state index contributed by atoms with van der Waals surface area (Å²) in [5.74, 6) is 0.225. The maximum absolute atomic E-state index is 12.7. The highest BCUT2D eigenvalue weighted by Gasteiger charge is 2.47. The third-order valence-electron chi connectivity index (χ3n) is 4.81. The van der Waals surface area contributed by atoms with Crippen molar-refractivity contribution in [1.29, 1.82) is 0 Å². The molecule has 0 bridgehead atoms. The minimum atomic E-state index is -3.03. The summed E-state index contributed by atoms with van der Waals surface area (Å²) >= 11 is 0. The number of carbonyl (C=O) groups excluding carboxylic acids is 1. The van der Waals surface area contributed by atoms with Crippen LogP contribution in [0.4, 0.5) is 5.69 Å². The van der Waals surface area contributed by atoms with Gasteiger partial charge >= 0.3 is 0 Å². The van der Waals surface area contributed by atoms with Gasteiger partial charge in [-0.15, -0.1) is 0 Å². The molecule has 1 aliphatic carbocycles. The molecule has 1 fully saturated rings. The predicted molar refractivity (Wildman–Crippen MR) is 87.9 cm³/mol. The molecule has 0 spiro atoms. The second-order valence-electron chi connectivity index (χ2n) is 6.82. The lowest BCUT2D eigenvalue weighted by Gasteiger charge is -2.23. The molecule has 1 aromatic rings. The van der Waals surface area contributed by atoms with Crippen molar-refractivity contribution in [1.82, 2.24) is 0 Å². The summed E-state index contributed by atoms with van der Waals surface area (Å²) in [4.78, 5) is 14.6. The van der Waals surface area contributed by atoms with Gasteiger partial charge < -0.3 is 4.90 Å². The van der Waals surface area contributed by atoms with Gasteiger partial charge in [-0.3, -0.25) is 4.79 Å². The van der Waals surface area contributed by atoms with E-state index in [0.717, 1.165) is 37.9 Å². The number of anilines is 1. The highest BCUT2D eigenvalue weighted by Crippen LogP contribution is 2.50. The fourth-order valence-electron chi connectivity index (χ4n) is 3.59. The summed E-state index contributed by atoms with van der Waals surface area (Å²) < 4.78 is 23.1. The molecule has 1 aromatic carbocycles. The second-order valence-corrected chi connectivity index (χ2v) is 8.96. The van der Waals surface area contributed by atoms with E-state index in [1.54, 1.807) is 0 Å². The van der Waals surface area contributed by atoms with Gasteiger partial charge in [0.25, 0.3) is 0 Å². The monoisotopic (exact) mass is 321 g/mol. The van der Waals surface area contributed by atoms with Crippen LogP contribution in [0.15, 0.2) is 18.2 Å². The molecule has 22 heavy (non-hydrogen) atoms. The summed E-state index contributed by atoms with van der Waals surface area (Å²) in [6.45, 7) is 2.82. The average Bonchev–Trinajstić information content (AvgIpc) is 3.01. The van der Waals surface area contributed by atoms with Crippen LogP contribution < -0.4 is 4.90 Å². The molecule has 5 heteroatoms. The number of hydrogen-bond donors (Lipinski definition) is 0. The van der Waals surface area contributed by atoms with Crippen LogP contribution in [-0.2, 0) is 27.5 Å². The molecule has 0 saturated heterocycles. The Morgan fingerprint density at radius 1 is 1.32 bits per heavy atom. The molecule has 0 radical (unpaired) electrons. The Morgan fingerprint density at radius 2 is 2.05 bits per heavy atom. The fourth-order valence-corrected chi connectivity index (χ4v) is 5.10. The molecule has 1 heterocycles. The largest absolute Gasteiger partial charge is 0.312 e. The molecule has 3 rings (SSSR count). The number of hydrogen-bond acceptors (Lipinski definition) is 3. The summed E-state index contributed by atoms with van der Waals surface area (Å²) in [5, 5.41) is 0. The molecule has 0 unspecified atom stereocenters. The zero-order valence-electron chi connectivity index (χ0n) is 13.3. The first-order chi connectivity index (χ1) is 10.3. The lowest BCUT2D eigenvalue weighted by atomic mass is 10.0. The standard InChI is InChI=1S/C17H23NO3S/c1-3-13-5-4-6-14-7-10-18(16(13)14)15(19)11-17(8-9-17)12-22(2,20)21/h4-6H,3,7-12H2,1-2H3. The number of benzene rings is 1. The van der Waals surface area contributed by atoms with Crippen LogP contribution in [0.2, 0.25) is 0 Å². The molecule has 1 amide bonds. The van der Waals surface area contributed by atoms with Gasteiger partial charge in [0, 0.05) is 19.2 Å². The van der Waals surface area contributed by atoms with Crippen LogP contribution in [-0.4, -0.2) is 32.9 Å². The van der Waals surface area contributed by atoms with Crippen molar-refractivity contribution in [2.75, 3.05) is 23.5 Å². The van der Waals surface area contributed by atoms with Crippen molar-refractivity contribution < 1.29 is 13.2 Å². The highest BCUT2D eigenvalue weighted by molar-refractivity contribution is 7.90. The lowest BCUT2D eigenvalue weighted by Crippen LogP contribution is -2.33. The second kappa shape index (κ2) is 5.37. The Balaban J connectivity index is 1.79. The van der Waals surface area contributed by atoms with Gasteiger partial charge in [-0.05, 0) is 42.2 Å². The molecule has 0 N–H and O–H groups in total. The third-order valence-corrected chi connectivity index (χ3v) is 5.95. The number of nitrogens with zero attached hydrogens (tertiary/aromatic N) is 1. The van der Waals surface area contributed by atoms with Crippen molar-refractivity contribution in [2.24, 2.45) is 5.41 Å². The third kappa shape index (κ3) is 3.05. The van der Waals surface area contributed by atoms with Crippen LogP contribution in [0.5, 0.6) is 0 Å². The van der Waals surface area contributed by atoms with E-state index in [1.165, 1.54) is 17.4 Å². The first-order valence-corrected chi connectivity index (χ1v) is 9.98. The van der Waals surface area contributed by atoms with Crippen LogP contribution in [0.25, 0.3) is 0 Å². The Labute approximate surface area is 132 Å². The van der Waals surface area contributed by atoms with Gasteiger partial charge in [-0.1, -0.05) is 25.1 Å². The quantitative estimate of drug-likeness (QED) is 0.836. The first kappa shape index (κ1) is 15.5. The molecule has 1 aliphatic heterocycles. The van der Waals surface area contributed by atoms with Gasteiger partial charge in [-0.25, -0.2) is 8.42 Å². The minimum Gasteiger partial charge on any atom is -0.312 e. The maximum atomic E-state index is 12.7. The molecule has 0 aromatic heterocycles. The lowest BCUT2D eigenvalue weighted by molar-refractivity contribution is -0.119. The van der Waals surface area contributed by atoms with Gasteiger partial charge in [0.15, 0.2) is 0 Å². The number of rotatable bonds is 5. The molecule has 1 saturated carbocycles. The predicted octanol–water partition coefficient (Wildman–Crippen LogP) is 2.35. The number of aryl methyl sites for hydroxylation is 1. The Kier molecular flexibility index (Phi) is 3.79. The molecule has 2 aliphatic rings. The van der Waals surface area contributed by atoms with Crippen molar-refractivity contribution in [3.05, 3.63) is 29.3 Å². The number of para-hydroxylation sites is 1. The van der Waals surface area contributed by atoms with Crippen molar-refractivity contribution >= 4 is 21.4 Å². The first-order valence-electron chi connectivity index (χ1n) is 7.92. The van der Waals surface area contributed by atoms with E-state index in [2.05, 4.69) is 25.1 Å². The van der Waals surface area contributed by atoms with E-state index < -0.39 is 9.84 Å². The average molecular weight is 321 g/mol. The van der Waals surface area contributed by atoms with Crippen LogP contribution in [0, 0.1) is 5.41 Å². The summed E-state index contributed by atoms with van der Waals surface area (Å²) in [6, 6.07) is 6.22. The van der Waals surface area contributed by atoms with E-state index >= 15 is 0 Å². The Morgan fingerprint density at radius 3 is 2.64 bits per heavy atom. The number of amides is 1. The van der Waals surface area contributed by atoms with Gasteiger partial charge in [-0.2, -0.15) is 0 Å². The molecular weight excluding hydrogens is 298 g/mol. The minimum absolute atomic E-state index is 0.0841. The number of fused-ring (bicyclic) bond motifs is 1. The van der Waals surface area contributed by atoms with E-state index in [9.17, 15) is 13.2 Å². The molecule has 0 atom stereocenters. The van der Waals surface area contributed by atoms with Crippen molar-refractivity contribution in [2.45, 2.75) is 39.0 Å². The molecule has 4 nitrogen and oxygen atoms in total. The topological polar surface area (TPSA) is 54.5 Å². The van der Waals surface area contributed by atoms with Crippen LogP contribution in [0.3, 0.4) is 0 Å². The maximum Gasteiger partial charge on any atom is 0.227 e. The normalized spacial score (nSPS) is 19.1. The summed E-state index contributed by atoms with van der Waals surface area (Å²) in [7, 11) is -3.03. The van der Waals surface area contributed by atoms with E-state index in [-0.39, 0.29) is 17.1 Å². The molecular formula is C17H23NO3S. The number of sulfone groups is 1. The van der Waals surface area contributed by atoms with Crippen molar-refractivity contribution in [3.63, 3.8) is 0 Å². The fraction of sp³-hybridized carbons (Fsp3) is 0.588. The van der Waals surface area contributed by atoms with Gasteiger partial charge in [0.2, 0.25) is 5.91 Å². The van der Waals surface area contributed by atoms with Gasteiger partial charge in [0.1, 0.15) is 9.84 Å². The van der Waals surface area contributed by atoms with Crippen LogP contribution in [0.1, 0.15) is 37.3 Å². The van der Waals surface area contributed by atoms with E-state index in [1.807, 2.05) is 4.90 Å². The summed E-state index contributed by atoms with van der Waals surface area (Å²) in [6.07, 6.45) is 5.12. The Bertz CT molecular complexity index is 705. The van der Waals surface area contributed by atoms with Gasteiger partial charge in [0.05, 0.1) is 11.4 Å².